The van der Waals surface area contributed by atoms with E-state index >= 15 is 0 Å². The SMILES string of the molecule is CCOC(=O)CCC(=O)NCc1nnc(SCc2cccc(OC)c2)n1-c1ccc(Cl)cc1Cl. The molecule has 34 heavy (non-hydrogen) atoms. The monoisotopic (exact) mass is 522 g/mol. The summed E-state index contributed by atoms with van der Waals surface area (Å²) in [6, 6.07) is 12.9. The molecule has 1 heterocycles. The van der Waals surface area contributed by atoms with Crippen LogP contribution >= 0.6 is 35.0 Å². The Hall–Kier alpha value is -2.75. The summed E-state index contributed by atoms with van der Waals surface area (Å²) >= 11 is 14.0. The van der Waals surface area contributed by atoms with Crippen LogP contribution in [0.15, 0.2) is 47.6 Å². The second kappa shape index (κ2) is 12.6. The highest BCUT2D eigenvalue weighted by Crippen LogP contribution is 2.31. The normalized spacial score (nSPS) is 10.7. The number of halogens is 2. The molecule has 0 aliphatic carbocycles. The van der Waals surface area contributed by atoms with Crippen LogP contribution in [-0.4, -0.2) is 40.4 Å². The number of esters is 1. The van der Waals surface area contributed by atoms with Gasteiger partial charge in [-0.15, -0.1) is 10.2 Å². The van der Waals surface area contributed by atoms with Crippen molar-refractivity contribution >= 4 is 46.8 Å². The van der Waals surface area contributed by atoms with Crippen LogP contribution in [-0.2, 0) is 26.6 Å². The van der Waals surface area contributed by atoms with Crippen molar-refractivity contribution in [1.29, 1.82) is 0 Å². The summed E-state index contributed by atoms with van der Waals surface area (Å²) in [7, 11) is 1.62. The van der Waals surface area contributed by atoms with Crippen molar-refractivity contribution in [3.8, 4) is 11.4 Å². The Morgan fingerprint density at radius 2 is 1.94 bits per heavy atom. The first-order valence-electron chi connectivity index (χ1n) is 10.5. The molecule has 0 saturated carbocycles. The summed E-state index contributed by atoms with van der Waals surface area (Å²) in [6.07, 6.45) is 0.0309. The van der Waals surface area contributed by atoms with E-state index < -0.39 is 5.97 Å². The first-order chi connectivity index (χ1) is 16.4. The highest BCUT2D eigenvalue weighted by molar-refractivity contribution is 7.98. The minimum Gasteiger partial charge on any atom is -0.497 e. The molecule has 0 radical (unpaired) electrons. The van der Waals surface area contributed by atoms with Gasteiger partial charge in [-0.05, 0) is 42.8 Å². The van der Waals surface area contributed by atoms with Crippen LogP contribution in [0.2, 0.25) is 10.0 Å². The third-order valence-corrected chi connectivity index (χ3v) is 6.20. The first-order valence-corrected chi connectivity index (χ1v) is 12.2. The van der Waals surface area contributed by atoms with Crippen LogP contribution < -0.4 is 10.1 Å². The lowest BCUT2D eigenvalue weighted by Crippen LogP contribution is -2.25. The van der Waals surface area contributed by atoms with Gasteiger partial charge in [0.05, 0.1) is 37.4 Å². The molecular formula is C23H24Cl2N4O4S. The van der Waals surface area contributed by atoms with Gasteiger partial charge in [0.15, 0.2) is 11.0 Å². The molecule has 0 spiro atoms. The molecule has 3 aromatic rings. The highest BCUT2D eigenvalue weighted by Gasteiger charge is 2.18. The van der Waals surface area contributed by atoms with Gasteiger partial charge in [-0.3, -0.25) is 14.2 Å². The third kappa shape index (κ3) is 7.12. The van der Waals surface area contributed by atoms with Gasteiger partial charge in [0, 0.05) is 17.2 Å². The molecule has 8 nitrogen and oxygen atoms in total. The molecule has 1 amide bonds. The Morgan fingerprint density at radius 3 is 2.68 bits per heavy atom. The average molecular weight is 523 g/mol. The maximum atomic E-state index is 12.2. The van der Waals surface area contributed by atoms with E-state index in [1.54, 1.807) is 36.8 Å². The van der Waals surface area contributed by atoms with Crippen LogP contribution in [0.4, 0.5) is 0 Å². The summed E-state index contributed by atoms with van der Waals surface area (Å²) in [4.78, 5) is 23.7. The number of nitrogens with zero attached hydrogens (tertiary/aromatic N) is 3. The number of amides is 1. The molecule has 0 aliphatic rings. The van der Waals surface area contributed by atoms with Crippen molar-refractivity contribution in [1.82, 2.24) is 20.1 Å². The van der Waals surface area contributed by atoms with Gasteiger partial charge >= 0.3 is 5.97 Å². The summed E-state index contributed by atoms with van der Waals surface area (Å²) in [5.41, 5.74) is 1.69. The van der Waals surface area contributed by atoms with Gasteiger partial charge in [-0.1, -0.05) is 47.1 Å². The second-order valence-electron chi connectivity index (χ2n) is 7.05. The molecule has 2 aromatic carbocycles. The second-order valence-corrected chi connectivity index (χ2v) is 8.84. The van der Waals surface area contributed by atoms with Crippen LogP contribution in [0.25, 0.3) is 5.69 Å². The highest BCUT2D eigenvalue weighted by atomic mass is 35.5. The maximum Gasteiger partial charge on any atom is 0.306 e. The Balaban J connectivity index is 1.78. The first kappa shape index (κ1) is 25.9. The van der Waals surface area contributed by atoms with E-state index in [4.69, 9.17) is 32.7 Å². The number of carbonyl (C=O) groups is 2. The van der Waals surface area contributed by atoms with E-state index in [0.29, 0.717) is 32.5 Å². The zero-order chi connectivity index (χ0) is 24.5. The van der Waals surface area contributed by atoms with E-state index in [2.05, 4.69) is 15.5 Å². The van der Waals surface area contributed by atoms with Gasteiger partial charge < -0.3 is 14.8 Å². The quantitative estimate of drug-likeness (QED) is 0.284. The fourth-order valence-corrected chi connectivity index (χ4v) is 4.44. The minimum atomic E-state index is -0.412. The van der Waals surface area contributed by atoms with Crippen molar-refractivity contribution in [2.45, 2.75) is 37.2 Å². The van der Waals surface area contributed by atoms with Crippen LogP contribution in [0.5, 0.6) is 5.75 Å². The number of ether oxygens (including phenoxy) is 2. The van der Waals surface area contributed by atoms with E-state index in [0.717, 1.165) is 11.3 Å². The van der Waals surface area contributed by atoms with Crippen molar-refractivity contribution < 1.29 is 19.1 Å². The van der Waals surface area contributed by atoms with E-state index in [9.17, 15) is 9.59 Å². The maximum absolute atomic E-state index is 12.2. The molecule has 3 rings (SSSR count). The molecule has 180 valence electrons. The Morgan fingerprint density at radius 1 is 1.12 bits per heavy atom. The number of benzene rings is 2. The third-order valence-electron chi connectivity index (χ3n) is 4.66. The molecular weight excluding hydrogens is 499 g/mol. The number of methoxy groups -OCH3 is 1. The zero-order valence-corrected chi connectivity index (χ0v) is 21.0. The molecule has 1 N–H and O–H groups in total. The number of carbonyl (C=O) groups excluding carboxylic acids is 2. The largest absolute Gasteiger partial charge is 0.497 e. The standard InChI is InChI=1S/C23H24Cl2N4O4S/c1-3-33-22(31)10-9-21(30)26-13-20-27-28-23(29(20)19-8-7-16(24)12-18(19)25)34-14-15-5-4-6-17(11-15)32-2/h4-8,11-12H,3,9-10,13-14H2,1-2H3,(H,26,30). The van der Waals surface area contributed by atoms with Gasteiger partial charge in [-0.25, -0.2) is 0 Å². The molecule has 0 aliphatic heterocycles. The number of nitrogens with one attached hydrogen (secondary N) is 1. The van der Waals surface area contributed by atoms with E-state index in [1.165, 1.54) is 11.8 Å². The fraction of sp³-hybridized carbons (Fsp3) is 0.304. The van der Waals surface area contributed by atoms with Crippen LogP contribution in [0.1, 0.15) is 31.2 Å². The van der Waals surface area contributed by atoms with Crippen LogP contribution in [0.3, 0.4) is 0 Å². The zero-order valence-electron chi connectivity index (χ0n) is 18.7. The smallest absolute Gasteiger partial charge is 0.306 e. The van der Waals surface area contributed by atoms with Crippen molar-refractivity contribution in [3.05, 3.63) is 63.9 Å². The fourth-order valence-electron chi connectivity index (χ4n) is 3.04. The minimum absolute atomic E-state index is 0.0109. The van der Waals surface area contributed by atoms with E-state index in [-0.39, 0.29) is 31.9 Å². The molecule has 0 bridgehead atoms. The molecule has 0 saturated heterocycles. The molecule has 0 atom stereocenters. The number of hydrogen-bond donors (Lipinski definition) is 1. The van der Waals surface area contributed by atoms with Gasteiger partial charge in [0.2, 0.25) is 5.91 Å². The number of rotatable bonds is 11. The average Bonchev–Trinajstić information content (AvgIpc) is 3.23. The lowest BCUT2D eigenvalue weighted by atomic mass is 10.2. The Labute approximate surface area is 211 Å². The Bertz CT molecular complexity index is 1160. The number of thioether (sulfide) groups is 1. The van der Waals surface area contributed by atoms with Gasteiger partial charge in [-0.2, -0.15) is 0 Å². The van der Waals surface area contributed by atoms with Crippen molar-refractivity contribution in [3.63, 3.8) is 0 Å². The number of hydrogen-bond acceptors (Lipinski definition) is 7. The van der Waals surface area contributed by atoms with Crippen molar-refractivity contribution in [2.24, 2.45) is 0 Å². The lowest BCUT2D eigenvalue weighted by Gasteiger charge is -2.13. The molecule has 1 aromatic heterocycles. The molecule has 11 heteroatoms. The van der Waals surface area contributed by atoms with Gasteiger partial charge in [0.25, 0.3) is 0 Å². The van der Waals surface area contributed by atoms with Gasteiger partial charge in [0.1, 0.15) is 5.75 Å². The predicted octanol–water partition coefficient (Wildman–Crippen LogP) is 4.83. The topological polar surface area (TPSA) is 95.3 Å². The summed E-state index contributed by atoms with van der Waals surface area (Å²) < 4.78 is 11.9. The lowest BCUT2D eigenvalue weighted by molar-refractivity contribution is -0.144. The molecule has 0 fully saturated rings. The predicted molar refractivity (Wildman–Crippen MR) is 132 cm³/mol. The van der Waals surface area contributed by atoms with Crippen LogP contribution in [0, 0.1) is 0 Å². The summed E-state index contributed by atoms with van der Waals surface area (Å²) in [5.74, 6) is 1.17. The Kier molecular flexibility index (Phi) is 9.62. The summed E-state index contributed by atoms with van der Waals surface area (Å²) in [5, 5.41) is 12.9. The molecule has 0 unspecified atom stereocenters. The van der Waals surface area contributed by atoms with E-state index in [1.807, 2.05) is 24.3 Å². The summed E-state index contributed by atoms with van der Waals surface area (Å²) in [6.45, 7) is 2.10. The number of aromatic nitrogens is 3. The van der Waals surface area contributed by atoms with Crippen molar-refractivity contribution in [2.75, 3.05) is 13.7 Å².